The highest BCUT2D eigenvalue weighted by Gasteiger charge is 2.23. The molecule has 1 heterocycles. The van der Waals surface area contributed by atoms with Crippen molar-refractivity contribution in [2.24, 2.45) is 0 Å². The summed E-state index contributed by atoms with van der Waals surface area (Å²) in [5.41, 5.74) is -2.12. The quantitative estimate of drug-likeness (QED) is 0.776. The van der Waals surface area contributed by atoms with Crippen molar-refractivity contribution in [3.8, 4) is 0 Å². The molecular weight excluding hydrogens is 187 g/mol. The Morgan fingerprint density at radius 2 is 2.15 bits per heavy atom. The fraction of sp³-hybridized carbons (Fsp3) is 0.143. The van der Waals surface area contributed by atoms with Gasteiger partial charge in [-0.15, -0.1) is 0 Å². The van der Waals surface area contributed by atoms with Crippen LogP contribution in [0.3, 0.4) is 0 Å². The van der Waals surface area contributed by atoms with Crippen molar-refractivity contribution >= 4 is 5.97 Å². The fourth-order valence-electron chi connectivity index (χ4n) is 0.828. The molecule has 1 N–H and O–H groups in total. The average molecular weight is 191 g/mol. The third-order valence-electron chi connectivity index (χ3n) is 1.36. The minimum absolute atomic E-state index is 0.688. The highest BCUT2D eigenvalue weighted by atomic mass is 19.3. The van der Waals surface area contributed by atoms with Crippen molar-refractivity contribution < 1.29 is 23.1 Å². The highest BCUT2D eigenvalue weighted by molar-refractivity contribution is 5.87. The van der Waals surface area contributed by atoms with E-state index >= 15 is 0 Å². The van der Waals surface area contributed by atoms with Gasteiger partial charge in [0.15, 0.2) is 5.69 Å². The molecule has 0 aliphatic rings. The molecule has 0 fully saturated rings. The van der Waals surface area contributed by atoms with Crippen molar-refractivity contribution in [3.05, 3.63) is 29.3 Å². The Morgan fingerprint density at radius 3 is 2.54 bits per heavy atom. The van der Waals surface area contributed by atoms with Crippen molar-refractivity contribution in [2.75, 3.05) is 0 Å². The molecule has 70 valence electrons. The summed E-state index contributed by atoms with van der Waals surface area (Å²) in [7, 11) is 0. The number of hydrogen-bond donors (Lipinski definition) is 1. The molecule has 13 heavy (non-hydrogen) atoms. The number of aromatic nitrogens is 1. The molecular formula is C7H4F3NO2. The first-order chi connectivity index (χ1) is 6.04. The number of nitrogens with zero attached hydrogens (tertiary/aromatic N) is 1. The van der Waals surface area contributed by atoms with E-state index in [1.165, 1.54) is 0 Å². The normalized spacial score (nSPS) is 10.5. The van der Waals surface area contributed by atoms with Crippen molar-refractivity contribution in [1.82, 2.24) is 4.98 Å². The van der Waals surface area contributed by atoms with Crippen LogP contribution in [0.15, 0.2) is 12.3 Å². The van der Waals surface area contributed by atoms with Gasteiger partial charge in [0.2, 0.25) is 0 Å². The summed E-state index contributed by atoms with van der Waals surface area (Å²) < 4.78 is 36.9. The first-order valence-electron chi connectivity index (χ1n) is 3.20. The highest BCUT2D eigenvalue weighted by Crippen LogP contribution is 2.24. The Labute approximate surface area is 70.8 Å². The van der Waals surface area contributed by atoms with Crippen LogP contribution in [0, 0.1) is 5.82 Å². The van der Waals surface area contributed by atoms with E-state index in [0.29, 0.717) is 6.07 Å². The molecule has 0 bridgehead atoms. The van der Waals surface area contributed by atoms with Crippen molar-refractivity contribution in [2.45, 2.75) is 6.43 Å². The van der Waals surface area contributed by atoms with E-state index in [4.69, 9.17) is 5.11 Å². The summed E-state index contributed by atoms with van der Waals surface area (Å²) in [6.07, 6.45) is -2.36. The lowest BCUT2D eigenvalue weighted by atomic mass is 10.2. The van der Waals surface area contributed by atoms with Gasteiger partial charge in [-0.2, -0.15) is 0 Å². The zero-order valence-corrected chi connectivity index (χ0v) is 6.17. The largest absolute Gasteiger partial charge is 0.476 e. The van der Waals surface area contributed by atoms with Crippen LogP contribution in [0.1, 0.15) is 22.5 Å². The van der Waals surface area contributed by atoms with E-state index in [9.17, 15) is 18.0 Å². The Bertz CT molecular complexity index is 341. The standard InChI is InChI=1S/C7H4F3NO2/c8-3-1-2-11-5(7(12)13)4(3)6(9)10/h1-2,6H,(H,12,13). The third-order valence-corrected chi connectivity index (χ3v) is 1.36. The van der Waals surface area contributed by atoms with Gasteiger partial charge in [0.1, 0.15) is 5.82 Å². The van der Waals surface area contributed by atoms with Crippen LogP contribution in [0.5, 0.6) is 0 Å². The van der Waals surface area contributed by atoms with E-state index in [1.807, 2.05) is 0 Å². The molecule has 0 amide bonds. The molecule has 0 saturated carbocycles. The van der Waals surface area contributed by atoms with Gasteiger partial charge in [-0.3, -0.25) is 0 Å². The van der Waals surface area contributed by atoms with E-state index in [0.717, 1.165) is 6.20 Å². The van der Waals surface area contributed by atoms with Gasteiger partial charge in [-0.1, -0.05) is 0 Å². The summed E-state index contributed by atoms with van der Waals surface area (Å²) in [4.78, 5) is 13.5. The maximum Gasteiger partial charge on any atom is 0.355 e. The maximum atomic E-state index is 12.7. The molecule has 0 aromatic carbocycles. The van der Waals surface area contributed by atoms with Crippen LogP contribution >= 0.6 is 0 Å². The topological polar surface area (TPSA) is 50.2 Å². The van der Waals surface area contributed by atoms with Crippen LogP contribution in [-0.4, -0.2) is 16.1 Å². The predicted molar refractivity (Wildman–Crippen MR) is 36.1 cm³/mol. The minimum Gasteiger partial charge on any atom is -0.476 e. The van der Waals surface area contributed by atoms with Gasteiger partial charge in [0.05, 0.1) is 5.56 Å². The van der Waals surface area contributed by atoms with Crippen molar-refractivity contribution in [3.63, 3.8) is 0 Å². The lowest BCUT2D eigenvalue weighted by Gasteiger charge is -2.03. The number of hydrogen-bond acceptors (Lipinski definition) is 2. The van der Waals surface area contributed by atoms with Gasteiger partial charge in [0, 0.05) is 6.20 Å². The van der Waals surface area contributed by atoms with E-state index in [2.05, 4.69) is 4.98 Å². The maximum absolute atomic E-state index is 12.7. The SMILES string of the molecule is O=C(O)c1nccc(F)c1C(F)F. The number of aromatic carboxylic acids is 1. The molecule has 3 nitrogen and oxygen atoms in total. The monoisotopic (exact) mass is 191 g/mol. The smallest absolute Gasteiger partial charge is 0.355 e. The van der Waals surface area contributed by atoms with Crippen LogP contribution < -0.4 is 0 Å². The number of carboxylic acids is 1. The zero-order chi connectivity index (χ0) is 10.0. The molecule has 1 rings (SSSR count). The second-order valence-electron chi connectivity index (χ2n) is 2.16. The first kappa shape index (κ1) is 9.50. The van der Waals surface area contributed by atoms with Crippen LogP contribution in [-0.2, 0) is 0 Å². The average Bonchev–Trinajstić information content (AvgIpc) is 2.02. The summed E-state index contributed by atoms with van der Waals surface area (Å²) in [5.74, 6) is -2.93. The molecule has 0 radical (unpaired) electrons. The van der Waals surface area contributed by atoms with Gasteiger partial charge < -0.3 is 5.11 Å². The van der Waals surface area contributed by atoms with Gasteiger partial charge in [0.25, 0.3) is 6.43 Å². The van der Waals surface area contributed by atoms with Gasteiger partial charge in [-0.25, -0.2) is 22.9 Å². The van der Waals surface area contributed by atoms with E-state index in [-0.39, 0.29) is 0 Å². The molecule has 0 atom stereocenters. The number of alkyl halides is 2. The Kier molecular flexibility index (Phi) is 2.50. The first-order valence-corrected chi connectivity index (χ1v) is 3.20. The summed E-state index contributed by atoms with van der Waals surface area (Å²) in [6, 6.07) is 0.688. The van der Waals surface area contributed by atoms with E-state index in [1.54, 1.807) is 0 Å². The molecule has 0 aliphatic carbocycles. The number of pyridine rings is 1. The third kappa shape index (κ3) is 1.77. The van der Waals surface area contributed by atoms with Gasteiger partial charge >= 0.3 is 5.97 Å². The fourth-order valence-corrected chi connectivity index (χ4v) is 0.828. The van der Waals surface area contributed by atoms with Crippen LogP contribution in [0.2, 0.25) is 0 Å². The molecule has 0 spiro atoms. The van der Waals surface area contributed by atoms with Crippen LogP contribution in [0.4, 0.5) is 13.2 Å². The zero-order valence-electron chi connectivity index (χ0n) is 6.17. The second-order valence-corrected chi connectivity index (χ2v) is 2.16. The molecule has 0 saturated heterocycles. The Hall–Kier alpha value is -1.59. The predicted octanol–water partition coefficient (Wildman–Crippen LogP) is 1.86. The Morgan fingerprint density at radius 1 is 1.54 bits per heavy atom. The number of rotatable bonds is 2. The van der Waals surface area contributed by atoms with Crippen LogP contribution in [0.25, 0.3) is 0 Å². The molecule has 0 aliphatic heterocycles. The van der Waals surface area contributed by atoms with Crippen molar-refractivity contribution in [1.29, 1.82) is 0 Å². The Balaban J connectivity index is 3.34. The summed E-state index contributed by atoms with van der Waals surface area (Å²) in [5, 5.41) is 8.38. The van der Waals surface area contributed by atoms with E-state index < -0.39 is 29.5 Å². The minimum atomic E-state index is -3.18. The lowest BCUT2D eigenvalue weighted by molar-refractivity contribution is 0.0674. The summed E-state index contributed by atoms with van der Waals surface area (Å²) in [6.45, 7) is 0. The molecule has 0 unspecified atom stereocenters. The molecule has 1 aromatic heterocycles. The number of halogens is 3. The van der Waals surface area contributed by atoms with Gasteiger partial charge in [-0.05, 0) is 6.07 Å². The summed E-state index contributed by atoms with van der Waals surface area (Å²) >= 11 is 0. The number of carbonyl (C=O) groups is 1. The second kappa shape index (κ2) is 3.42. The molecule has 6 heteroatoms. The lowest BCUT2D eigenvalue weighted by Crippen LogP contribution is -2.08. The molecule has 1 aromatic rings. The number of carboxylic acid groups (broad SMARTS) is 1.